The van der Waals surface area contributed by atoms with Crippen molar-refractivity contribution in [1.82, 2.24) is 4.90 Å². The van der Waals surface area contributed by atoms with Crippen LogP contribution in [0.25, 0.3) is 0 Å². The van der Waals surface area contributed by atoms with Crippen LogP contribution in [-0.2, 0) is 0 Å². The lowest BCUT2D eigenvalue weighted by molar-refractivity contribution is 0.608. The van der Waals surface area contributed by atoms with Gasteiger partial charge in [-0.05, 0) is 13.1 Å². The molecule has 0 saturated heterocycles. The van der Waals surface area contributed by atoms with Crippen LogP contribution in [-0.4, -0.2) is 24.8 Å². The predicted molar refractivity (Wildman–Crippen MR) is 37.0 cm³/mol. The van der Waals surface area contributed by atoms with Crippen molar-refractivity contribution in [3.8, 4) is 0 Å². The lowest BCUT2D eigenvalue weighted by Crippen LogP contribution is -2.12. The van der Waals surface area contributed by atoms with E-state index in [1.54, 1.807) is 19.6 Å². The molecule has 0 spiro atoms. The molecule has 0 aliphatic rings. The second kappa shape index (κ2) is 4.37. The van der Waals surface area contributed by atoms with E-state index in [1.165, 1.54) is 0 Å². The Morgan fingerprint density at radius 2 is 2.38 bits per heavy atom. The van der Waals surface area contributed by atoms with Crippen LogP contribution < -0.4 is 0 Å². The smallest absolute Gasteiger partial charge is 0.0885 e. The first-order valence-electron chi connectivity index (χ1n) is 2.65. The molecule has 0 aromatic carbocycles. The van der Waals surface area contributed by atoms with E-state index in [-0.39, 0.29) is 0 Å². The molecule has 0 unspecified atom stereocenters. The minimum atomic E-state index is 0.931. The first-order chi connectivity index (χ1) is 3.85. The highest BCUT2D eigenvalue weighted by atomic mass is 15.1. The molecule has 46 valence electrons. The number of hydrogen-bond donors (Lipinski definition) is 0. The lowest BCUT2D eigenvalue weighted by atomic mass is 10.6. The fraction of sp³-hybridized carbons (Fsp3) is 0.500. The van der Waals surface area contributed by atoms with E-state index in [4.69, 9.17) is 0 Å². The summed E-state index contributed by atoms with van der Waals surface area (Å²) in [7, 11) is 1.74. The topological polar surface area (TPSA) is 15.6 Å². The summed E-state index contributed by atoms with van der Waals surface area (Å²) in [5.41, 5.74) is 0. The number of nitrogens with zero attached hydrogens (tertiary/aromatic N) is 2. The van der Waals surface area contributed by atoms with E-state index in [9.17, 15) is 0 Å². The molecule has 0 heterocycles. The van der Waals surface area contributed by atoms with Gasteiger partial charge in [0.05, 0.1) is 6.34 Å². The van der Waals surface area contributed by atoms with Crippen molar-refractivity contribution >= 4 is 6.34 Å². The van der Waals surface area contributed by atoms with Gasteiger partial charge in [-0.25, -0.2) is 0 Å². The third-order valence-corrected chi connectivity index (χ3v) is 0.863. The van der Waals surface area contributed by atoms with E-state index >= 15 is 0 Å². The molecule has 0 amide bonds. The van der Waals surface area contributed by atoms with Crippen molar-refractivity contribution in [2.75, 3.05) is 13.6 Å². The van der Waals surface area contributed by atoms with Crippen LogP contribution in [0.5, 0.6) is 0 Å². The molecule has 0 radical (unpaired) electrons. The van der Waals surface area contributed by atoms with Crippen molar-refractivity contribution in [3.63, 3.8) is 0 Å². The Kier molecular flexibility index (Phi) is 3.94. The van der Waals surface area contributed by atoms with Gasteiger partial charge in [-0.15, -0.1) is 0 Å². The molecular weight excluding hydrogens is 100 g/mol. The molecule has 0 aromatic rings. The van der Waals surface area contributed by atoms with Crippen LogP contribution in [0.2, 0.25) is 0 Å². The fourth-order valence-corrected chi connectivity index (χ4v) is 0.406. The number of rotatable bonds is 3. The SMILES string of the molecule is C=CN(/C=N\C)CC. The Labute approximate surface area is 50.5 Å². The molecule has 0 saturated carbocycles. The molecule has 0 aliphatic carbocycles. The third-order valence-electron chi connectivity index (χ3n) is 0.863. The predicted octanol–water partition coefficient (Wildman–Crippen LogP) is 1.11. The largest absolute Gasteiger partial charge is 0.340 e. The van der Waals surface area contributed by atoms with Crippen molar-refractivity contribution in [3.05, 3.63) is 12.8 Å². The zero-order valence-electron chi connectivity index (χ0n) is 5.46. The first kappa shape index (κ1) is 7.21. The molecular formula is C6H12N2. The average Bonchev–Trinajstić information content (AvgIpc) is 1.83. The van der Waals surface area contributed by atoms with Crippen molar-refractivity contribution in [2.24, 2.45) is 4.99 Å². The van der Waals surface area contributed by atoms with E-state index in [0.29, 0.717) is 0 Å². The summed E-state index contributed by atoms with van der Waals surface area (Å²) >= 11 is 0. The van der Waals surface area contributed by atoms with Crippen molar-refractivity contribution in [1.29, 1.82) is 0 Å². The molecule has 0 bridgehead atoms. The molecule has 2 nitrogen and oxygen atoms in total. The summed E-state index contributed by atoms with van der Waals surface area (Å²) in [5, 5.41) is 0. The van der Waals surface area contributed by atoms with Crippen LogP contribution >= 0.6 is 0 Å². The van der Waals surface area contributed by atoms with Crippen LogP contribution in [0.4, 0.5) is 0 Å². The Balaban J connectivity index is 3.52. The Morgan fingerprint density at radius 3 is 2.50 bits per heavy atom. The third kappa shape index (κ3) is 2.39. The maximum Gasteiger partial charge on any atom is 0.0885 e. The van der Waals surface area contributed by atoms with E-state index < -0.39 is 0 Å². The van der Waals surface area contributed by atoms with Gasteiger partial charge in [-0.1, -0.05) is 6.58 Å². The molecule has 0 rings (SSSR count). The maximum atomic E-state index is 3.81. The minimum absolute atomic E-state index is 0.931. The van der Waals surface area contributed by atoms with Crippen molar-refractivity contribution in [2.45, 2.75) is 6.92 Å². The van der Waals surface area contributed by atoms with Gasteiger partial charge in [0, 0.05) is 13.6 Å². The Morgan fingerprint density at radius 1 is 1.75 bits per heavy atom. The second-order valence-corrected chi connectivity index (χ2v) is 1.39. The highest BCUT2D eigenvalue weighted by Gasteiger charge is 1.82. The standard InChI is InChI=1S/C6H12N2/c1-4-8(5-2)6-7-3/h4,6H,1,5H2,2-3H3/b7-6-. The minimum Gasteiger partial charge on any atom is -0.340 e. The van der Waals surface area contributed by atoms with E-state index in [0.717, 1.165) is 6.54 Å². The maximum absolute atomic E-state index is 3.81. The molecule has 0 atom stereocenters. The lowest BCUT2D eigenvalue weighted by Gasteiger charge is -2.07. The highest BCUT2D eigenvalue weighted by molar-refractivity contribution is 5.55. The number of aliphatic imine (C=N–C) groups is 1. The monoisotopic (exact) mass is 112 g/mol. The van der Waals surface area contributed by atoms with Gasteiger partial charge in [0.2, 0.25) is 0 Å². The van der Waals surface area contributed by atoms with Crippen LogP contribution in [0.15, 0.2) is 17.8 Å². The van der Waals surface area contributed by atoms with E-state index in [2.05, 4.69) is 11.6 Å². The van der Waals surface area contributed by atoms with Gasteiger partial charge in [0.25, 0.3) is 0 Å². The van der Waals surface area contributed by atoms with Crippen LogP contribution in [0.1, 0.15) is 6.92 Å². The van der Waals surface area contributed by atoms with Crippen LogP contribution in [0, 0.1) is 0 Å². The fourth-order valence-electron chi connectivity index (χ4n) is 0.406. The van der Waals surface area contributed by atoms with Gasteiger partial charge in [0.1, 0.15) is 0 Å². The molecule has 0 fully saturated rings. The summed E-state index contributed by atoms with van der Waals surface area (Å²) in [5.74, 6) is 0. The summed E-state index contributed by atoms with van der Waals surface area (Å²) in [4.78, 5) is 5.71. The Bertz CT molecular complexity index is 86.5. The van der Waals surface area contributed by atoms with E-state index in [1.807, 2.05) is 11.8 Å². The zero-order valence-corrected chi connectivity index (χ0v) is 5.46. The average molecular weight is 112 g/mol. The second-order valence-electron chi connectivity index (χ2n) is 1.39. The summed E-state index contributed by atoms with van der Waals surface area (Å²) in [6, 6.07) is 0. The van der Waals surface area contributed by atoms with Crippen LogP contribution in [0.3, 0.4) is 0 Å². The molecule has 2 heteroatoms. The summed E-state index contributed by atoms with van der Waals surface area (Å²) < 4.78 is 0. The highest BCUT2D eigenvalue weighted by Crippen LogP contribution is 1.79. The molecule has 0 N–H and O–H groups in total. The molecule has 8 heavy (non-hydrogen) atoms. The van der Waals surface area contributed by atoms with Crippen molar-refractivity contribution < 1.29 is 0 Å². The van der Waals surface area contributed by atoms with Gasteiger partial charge in [0.15, 0.2) is 0 Å². The van der Waals surface area contributed by atoms with Gasteiger partial charge < -0.3 is 4.90 Å². The Hall–Kier alpha value is -0.790. The van der Waals surface area contributed by atoms with Gasteiger partial charge >= 0.3 is 0 Å². The summed E-state index contributed by atoms with van der Waals surface area (Å²) in [6.45, 7) is 6.56. The van der Waals surface area contributed by atoms with Gasteiger partial charge in [-0.2, -0.15) is 0 Å². The van der Waals surface area contributed by atoms with Gasteiger partial charge in [-0.3, -0.25) is 4.99 Å². The normalized spacial score (nSPS) is 9.75. The molecule has 0 aliphatic heterocycles. The summed E-state index contributed by atoms with van der Waals surface area (Å²) in [6.07, 6.45) is 3.49. The first-order valence-corrected chi connectivity index (χ1v) is 2.65. The number of hydrogen-bond acceptors (Lipinski definition) is 1. The molecule has 0 aromatic heterocycles. The zero-order chi connectivity index (χ0) is 6.41. The quantitative estimate of drug-likeness (QED) is 0.394.